The maximum atomic E-state index is 5.99. The second kappa shape index (κ2) is 5.24. The summed E-state index contributed by atoms with van der Waals surface area (Å²) in [5.74, 6) is 0. The van der Waals surface area contributed by atoms with Gasteiger partial charge in [0, 0.05) is 24.5 Å². The molecule has 1 aliphatic rings. The zero-order valence-electron chi connectivity index (χ0n) is 9.02. The van der Waals surface area contributed by atoms with Crippen LogP contribution in [0.2, 0.25) is 0 Å². The molecule has 0 aliphatic heterocycles. The van der Waals surface area contributed by atoms with E-state index in [1.54, 1.807) is 0 Å². The lowest BCUT2D eigenvalue weighted by atomic mass is 10.1. The highest BCUT2D eigenvalue weighted by molar-refractivity contribution is 5.09. The van der Waals surface area contributed by atoms with Crippen molar-refractivity contribution in [1.82, 2.24) is 10.3 Å². The topological polar surface area (TPSA) is 50.9 Å². The van der Waals surface area contributed by atoms with Gasteiger partial charge in [0.05, 0.1) is 0 Å². The average Bonchev–Trinajstić information content (AvgIpc) is 2.66. The molecule has 2 unspecified atom stereocenters. The molecule has 0 amide bonds. The first-order chi connectivity index (χ1) is 7.36. The van der Waals surface area contributed by atoms with Crippen molar-refractivity contribution < 1.29 is 0 Å². The van der Waals surface area contributed by atoms with E-state index in [9.17, 15) is 0 Å². The van der Waals surface area contributed by atoms with Crippen LogP contribution in [0.25, 0.3) is 0 Å². The molecular weight excluding hydrogens is 186 g/mol. The van der Waals surface area contributed by atoms with Gasteiger partial charge in [0.25, 0.3) is 0 Å². The van der Waals surface area contributed by atoms with E-state index >= 15 is 0 Å². The molecule has 0 saturated heterocycles. The van der Waals surface area contributed by atoms with Crippen molar-refractivity contribution in [3.05, 3.63) is 30.1 Å². The smallest absolute Gasteiger partial charge is 0.0270 e. The van der Waals surface area contributed by atoms with E-state index in [0.29, 0.717) is 12.1 Å². The van der Waals surface area contributed by atoms with Gasteiger partial charge in [0.1, 0.15) is 0 Å². The van der Waals surface area contributed by atoms with Crippen LogP contribution in [0, 0.1) is 0 Å². The van der Waals surface area contributed by atoms with E-state index in [2.05, 4.69) is 22.4 Å². The predicted molar refractivity (Wildman–Crippen MR) is 61.6 cm³/mol. The summed E-state index contributed by atoms with van der Waals surface area (Å²) in [7, 11) is 0. The number of hydrogen-bond acceptors (Lipinski definition) is 3. The van der Waals surface area contributed by atoms with E-state index in [4.69, 9.17) is 5.73 Å². The Bertz CT molecular complexity index is 286. The lowest BCUT2D eigenvalue weighted by Crippen LogP contribution is -2.41. The van der Waals surface area contributed by atoms with E-state index < -0.39 is 0 Å². The number of nitrogens with zero attached hydrogens (tertiary/aromatic N) is 1. The summed E-state index contributed by atoms with van der Waals surface area (Å²) >= 11 is 0. The van der Waals surface area contributed by atoms with Gasteiger partial charge < -0.3 is 11.1 Å². The van der Waals surface area contributed by atoms with Crippen LogP contribution in [0.15, 0.2) is 24.5 Å². The lowest BCUT2D eigenvalue weighted by Gasteiger charge is -2.16. The summed E-state index contributed by atoms with van der Waals surface area (Å²) in [4.78, 5) is 4.00. The highest BCUT2D eigenvalue weighted by Crippen LogP contribution is 2.16. The molecule has 0 aromatic carbocycles. The number of pyridine rings is 1. The van der Waals surface area contributed by atoms with Crippen LogP contribution >= 0.6 is 0 Å². The van der Waals surface area contributed by atoms with Crippen molar-refractivity contribution in [2.24, 2.45) is 5.73 Å². The molecule has 1 heterocycles. The van der Waals surface area contributed by atoms with Crippen molar-refractivity contribution in [1.29, 1.82) is 0 Å². The maximum Gasteiger partial charge on any atom is 0.0270 e. The summed E-state index contributed by atoms with van der Waals surface area (Å²) in [6.07, 6.45) is 8.43. The van der Waals surface area contributed by atoms with Crippen molar-refractivity contribution >= 4 is 0 Å². The largest absolute Gasteiger partial charge is 0.326 e. The van der Waals surface area contributed by atoms with Gasteiger partial charge >= 0.3 is 0 Å². The van der Waals surface area contributed by atoms with E-state index in [1.165, 1.54) is 24.8 Å². The fourth-order valence-corrected chi connectivity index (χ4v) is 2.19. The Kier molecular flexibility index (Phi) is 3.69. The normalized spacial score (nSPS) is 25.7. The summed E-state index contributed by atoms with van der Waals surface area (Å²) in [6.45, 7) is 1.02. The lowest BCUT2D eigenvalue weighted by molar-refractivity contribution is 0.479. The third-order valence-electron chi connectivity index (χ3n) is 3.14. The molecule has 2 rings (SSSR count). The molecule has 1 aromatic heterocycles. The first kappa shape index (κ1) is 10.6. The molecule has 1 aliphatic carbocycles. The second-order valence-corrected chi connectivity index (χ2v) is 4.26. The van der Waals surface area contributed by atoms with Crippen LogP contribution < -0.4 is 11.1 Å². The molecule has 3 heteroatoms. The van der Waals surface area contributed by atoms with Crippen LogP contribution in [0.5, 0.6) is 0 Å². The van der Waals surface area contributed by atoms with Gasteiger partial charge in [-0.3, -0.25) is 4.98 Å². The van der Waals surface area contributed by atoms with Crippen LogP contribution in [-0.4, -0.2) is 23.6 Å². The molecule has 82 valence electrons. The van der Waals surface area contributed by atoms with Gasteiger partial charge in [0.15, 0.2) is 0 Å². The monoisotopic (exact) mass is 205 g/mol. The van der Waals surface area contributed by atoms with Gasteiger partial charge in [-0.1, -0.05) is 6.42 Å². The number of nitrogens with two attached hydrogens (primary N) is 1. The molecule has 2 atom stereocenters. The van der Waals surface area contributed by atoms with E-state index in [1.807, 2.05) is 12.4 Å². The molecule has 3 nitrogen and oxygen atoms in total. The van der Waals surface area contributed by atoms with Crippen molar-refractivity contribution in [2.45, 2.75) is 37.8 Å². The fourth-order valence-electron chi connectivity index (χ4n) is 2.19. The van der Waals surface area contributed by atoms with Gasteiger partial charge in [-0.05, 0) is 43.5 Å². The Morgan fingerprint density at radius 1 is 1.33 bits per heavy atom. The van der Waals surface area contributed by atoms with Gasteiger partial charge in [-0.15, -0.1) is 0 Å². The van der Waals surface area contributed by atoms with Crippen LogP contribution in [-0.2, 0) is 6.42 Å². The minimum Gasteiger partial charge on any atom is -0.326 e. The summed E-state index contributed by atoms with van der Waals surface area (Å²) < 4.78 is 0. The third-order valence-corrected chi connectivity index (χ3v) is 3.14. The molecular formula is C12H19N3. The van der Waals surface area contributed by atoms with Gasteiger partial charge in [0.2, 0.25) is 0 Å². The number of rotatable bonds is 4. The zero-order chi connectivity index (χ0) is 10.5. The van der Waals surface area contributed by atoms with Crippen molar-refractivity contribution in [2.75, 3.05) is 6.54 Å². The Balaban J connectivity index is 1.71. The van der Waals surface area contributed by atoms with Crippen LogP contribution in [0.3, 0.4) is 0 Å². The Morgan fingerprint density at radius 2 is 2.13 bits per heavy atom. The molecule has 15 heavy (non-hydrogen) atoms. The number of hydrogen-bond donors (Lipinski definition) is 2. The van der Waals surface area contributed by atoms with Crippen molar-refractivity contribution in [3.63, 3.8) is 0 Å². The maximum absolute atomic E-state index is 5.99. The third kappa shape index (κ3) is 3.01. The Labute approximate surface area is 91.1 Å². The van der Waals surface area contributed by atoms with Crippen LogP contribution in [0.4, 0.5) is 0 Å². The average molecular weight is 205 g/mol. The summed E-state index contributed by atoms with van der Waals surface area (Å²) in [6, 6.07) is 5.03. The van der Waals surface area contributed by atoms with E-state index in [0.717, 1.165) is 13.0 Å². The Morgan fingerprint density at radius 3 is 2.80 bits per heavy atom. The minimum absolute atomic E-state index is 0.363. The summed E-state index contributed by atoms with van der Waals surface area (Å²) in [5, 5.41) is 3.53. The fraction of sp³-hybridized carbons (Fsp3) is 0.583. The molecule has 3 N–H and O–H groups in total. The quantitative estimate of drug-likeness (QED) is 0.773. The highest BCUT2D eigenvalue weighted by Gasteiger charge is 2.22. The highest BCUT2D eigenvalue weighted by atomic mass is 15.0. The SMILES string of the molecule is NC1CCCC1NCCc1ccncc1. The second-order valence-electron chi connectivity index (χ2n) is 4.26. The summed E-state index contributed by atoms with van der Waals surface area (Å²) in [5.41, 5.74) is 7.32. The first-order valence-corrected chi connectivity index (χ1v) is 5.74. The molecule has 1 fully saturated rings. The zero-order valence-corrected chi connectivity index (χ0v) is 9.02. The Hall–Kier alpha value is -0.930. The van der Waals surface area contributed by atoms with Crippen molar-refractivity contribution in [3.8, 4) is 0 Å². The molecule has 1 aromatic rings. The molecule has 0 bridgehead atoms. The first-order valence-electron chi connectivity index (χ1n) is 5.74. The van der Waals surface area contributed by atoms with Crippen LogP contribution in [0.1, 0.15) is 24.8 Å². The van der Waals surface area contributed by atoms with Gasteiger partial charge in [-0.2, -0.15) is 0 Å². The molecule has 0 spiro atoms. The molecule has 0 radical (unpaired) electrons. The van der Waals surface area contributed by atoms with E-state index in [-0.39, 0.29) is 0 Å². The standard InChI is InChI=1S/C12H19N3/c13-11-2-1-3-12(11)15-9-6-10-4-7-14-8-5-10/h4-5,7-8,11-12,15H,1-3,6,9,13H2. The predicted octanol–water partition coefficient (Wildman–Crippen LogP) is 1.09. The number of nitrogens with one attached hydrogen (secondary N) is 1. The number of aromatic nitrogens is 1. The molecule has 1 saturated carbocycles. The van der Waals surface area contributed by atoms with Gasteiger partial charge in [-0.25, -0.2) is 0 Å². The minimum atomic E-state index is 0.363.